The van der Waals surface area contributed by atoms with Crippen molar-refractivity contribution in [3.8, 4) is 0 Å². The molecule has 1 fully saturated rings. The molecule has 5 nitrogen and oxygen atoms in total. The van der Waals surface area contributed by atoms with Crippen LogP contribution in [0.5, 0.6) is 0 Å². The Balaban J connectivity index is 2.22. The van der Waals surface area contributed by atoms with Gasteiger partial charge >= 0.3 is 5.97 Å². The summed E-state index contributed by atoms with van der Waals surface area (Å²) >= 11 is 0. The largest absolute Gasteiger partial charge is 0.481 e. The topological polar surface area (TPSA) is 83.6 Å². The predicted molar refractivity (Wildman–Crippen MR) is 67.1 cm³/mol. The number of aliphatic carboxylic acids is 1. The summed E-state index contributed by atoms with van der Waals surface area (Å²) in [5.41, 5.74) is 4.98. The number of nitrogen functional groups attached to an aromatic ring is 1. The van der Waals surface area contributed by atoms with Gasteiger partial charge in [0.15, 0.2) is 0 Å². The zero-order valence-corrected chi connectivity index (χ0v) is 10.5. The zero-order chi connectivity index (χ0) is 14.2. The van der Waals surface area contributed by atoms with Crippen molar-refractivity contribution < 1.29 is 19.1 Å². The number of hydrogen-bond acceptors (Lipinski definition) is 3. The van der Waals surface area contributed by atoms with E-state index in [4.69, 9.17) is 10.8 Å². The predicted octanol–water partition coefficient (Wildman–Crippen LogP) is 1.34. The van der Waals surface area contributed by atoms with Gasteiger partial charge < -0.3 is 15.7 Å². The van der Waals surface area contributed by atoms with Crippen LogP contribution >= 0.6 is 0 Å². The number of benzene rings is 1. The lowest BCUT2D eigenvalue weighted by atomic mass is 9.90. The van der Waals surface area contributed by atoms with Gasteiger partial charge in [-0.2, -0.15) is 0 Å². The molecular weight excluding hydrogens is 251 g/mol. The first kappa shape index (κ1) is 13.3. The molecule has 0 aromatic heterocycles. The average molecular weight is 266 g/mol. The normalized spacial score (nSPS) is 22.5. The van der Waals surface area contributed by atoms with Crippen LogP contribution in [0, 0.1) is 11.2 Å². The number of anilines is 1. The van der Waals surface area contributed by atoms with Crippen LogP contribution < -0.4 is 5.73 Å². The van der Waals surface area contributed by atoms with Crippen molar-refractivity contribution in [2.45, 2.75) is 13.3 Å². The van der Waals surface area contributed by atoms with E-state index in [9.17, 15) is 14.0 Å². The summed E-state index contributed by atoms with van der Waals surface area (Å²) in [5, 5.41) is 9.12. The summed E-state index contributed by atoms with van der Waals surface area (Å²) in [6.45, 7) is 2.03. The summed E-state index contributed by atoms with van der Waals surface area (Å²) in [6.07, 6.45) is 0.378. The van der Waals surface area contributed by atoms with Gasteiger partial charge in [-0.05, 0) is 31.5 Å². The number of carbonyl (C=O) groups excluding carboxylic acids is 1. The maximum Gasteiger partial charge on any atom is 0.311 e. The van der Waals surface area contributed by atoms with Crippen molar-refractivity contribution in [1.82, 2.24) is 4.90 Å². The number of carboxylic acids is 1. The molecule has 0 saturated carbocycles. The second kappa shape index (κ2) is 4.53. The summed E-state index contributed by atoms with van der Waals surface area (Å²) in [5.74, 6) is -1.91. The van der Waals surface area contributed by atoms with Crippen molar-refractivity contribution in [3.05, 3.63) is 29.6 Å². The molecule has 1 amide bonds. The number of halogens is 1. The lowest BCUT2D eigenvalue weighted by molar-refractivity contribution is -0.147. The van der Waals surface area contributed by atoms with E-state index in [1.807, 2.05) is 0 Å². The van der Waals surface area contributed by atoms with Crippen LogP contribution in [0.25, 0.3) is 0 Å². The molecule has 1 unspecified atom stereocenters. The minimum absolute atomic E-state index is 0.0784. The lowest BCUT2D eigenvalue weighted by Gasteiger charge is -2.20. The Morgan fingerprint density at radius 2 is 2.16 bits per heavy atom. The monoisotopic (exact) mass is 266 g/mol. The molecule has 2 rings (SSSR count). The van der Waals surface area contributed by atoms with Crippen molar-refractivity contribution in [3.63, 3.8) is 0 Å². The molecule has 1 atom stereocenters. The molecule has 0 bridgehead atoms. The third-order valence-electron chi connectivity index (χ3n) is 3.52. The Morgan fingerprint density at radius 1 is 1.47 bits per heavy atom. The highest BCUT2D eigenvalue weighted by Crippen LogP contribution is 2.31. The van der Waals surface area contributed by atoms with E-state index >= 15 is 0 Å². The number of nitrogens with two attached hydrogens (primary N) is 1. The molecular formula is C13H15FN2O3. The molecule has 1 aliphatic heterocycles. The van der Waals surface area contributed by atoms with Crippen LogP contribution in [0.3, 0.4) is 0 Å². The first-order valence-corrected chi connectivity index (χ1v) is 5.91. The quantitative estimate of drug-likeness (QED) is 0.791. The third-order valence-corrected chi connectivity index (χ3v) is 3.52. The fourth-order valence-electron chi connectivity index (χ4n) is 2.19. The SMILES string of the molecule is CC1(C(=O)O)CCN(C(=O)c2cc(F)ccc2N)C1. The van der Waals surface area contributed by atoms with E-state index in [1.54, 1.807) is 6.92 Å². The molecule has 0 aliphatic carbocycles. The fraction of sp³-hybridized carbons (Fsp3) is 0.385. The molecule has 1 saturated heterocycles. The smallest absolute Gasteiger partial charge is 0.311 e. The number of hydrogen-bond donors (Lipinski definition) is 2. The molecule has 102 valence electrons. The van der Waals surface area contributed by atoms with Gasteiger partial charge in [-0.1, -0.05) is 0 Å². The highest BCUT2D eigenvalue weighted by atomic mass is 19.1. The van der Waals surface area contributed by atoms with Gasteiger partial charge in [0.05, 0.1) is 11.0 Å². The van der Waals surface area contributed by atoms with E-state index in [1.165, 1.54) is 17.0 Å². The molecule has 6 heteroatoms. The van der Waals surface area contributed by atoms with E-state index in [0.717, 1.165) is 6.07 Å². The van der Waals surface area contributed by atoms with Crippen molar-refractivity contribution in [1.29, 1.82) is 0 Å². The summed E-state index contributed by atoms with van der Waals surface area (Å²) < 4.78 is 13.2. The first-order chi connectivity index (χ1) is 8.83. The van der Waals surface area contributed by atoms with Gasteiger partial charge in [0.25, 0.3) is 5.91 Å². The highest BCUT2D eigenvalue weighted by molar-refractivity contribution is 5.99. The minimum Gasteiger partial charge on any atom is -0.481 e. The Hall–Kier alpha value is -2.11. The van der Waals surface area contributed by atoms with E-state index in [-0.39, 0.29) is 17.8 Å². The Labute approximate surface area is 109 Å². The number of carbonyl (C=O) groups is 2. The summed E-state index contributed by atoms with van der Waals surface area (Å²) in [4.78, 5) is 24.7. The second-order valence-corrected chi connectivity index (χ2v) is 5.07. The minimum atomic E-state index is -0.947. The molecule has 1 heterocycles. The van der Waals surface area contributed by atoms with Gasteiger partial charge in [-0.15, -0.1) is 0 Å². The van der Waals surface area contributed by atoms with Crippen LogP contribution in [-0.4, -0.2) is 35.0 Å². The maximum absolute atomic E-state index is 13.2. The maximum atomic E-state index is 13.2. The number of amides is 1. The average Bonchev–Trinajstić information content (AvgIpc) is 2.76. The van der Waals surface area contributed by atoms with Crippen molar-refractivity contribution in [2.24, 2.45) is 5.41 Å². The molecule has 0 radical (unpaired) electrons. The molecule has 1 aliphatic rings. The van der Waals surface area contributed by atoms with Gasteiger partial charge in [0.1, 0.15) is 5.82 Å². The third kappa shape index (κ3) is 2.38. The summed E-state index contributed by atoms with van der Waals surface area (Å²) in [6, 6.07) is 3.58. The molecule has 1 aromatic carbocycles. The van der Waals surface area contributed by atoms with Crippen molar-refractivity contribution >= 4 is 17.6 Å². The van der Waals surface area contributed by atoms with Gasteiger partial charge in [-0.3, -0.25) is 9.59 Å². The lowest BCUT2D eigenvalue weighted by Crippen LogP contribution is -2.35. The number of rotatable bonds is 2. The first-order valence-electron chi connectivity index (χ1n) is 5.91. The van der Waals surface area contributed by atoms with Crippen molar-refractivity contribution in [2.75, 3.05) is 18.8 Å². The van der Waals surface area contributed by atoms with Crippen LogP contribution in [-0.2, 0) is 4.79 Å². The fourth-order valence-corrected chi connectivity index (χ4v) is 2.19. The second-order valence-electron chi connectivity index (χ2n) is 5.07. The van der Waals surface area contributed by atoms with Gasteiger partial charge in [0.2, 0.25) is 0 Å². The summed E-state index contributed by atoms with van der Waals surface area (Å²) in [7, 11) is 0. The molecule has 0 spiro atoms. The standard InChI is InChI=1S/C13H15FN2O3/c1-13(12(18)19)4-5-16(7-13)11(17)9-6-8(14)2-3-10(9)15/h2-3,6H,4-5,7,15H2,1H3,(H,18,19). The van der Waals surface area contributed by atoms with E-state index in [2.05, 4.69) is 0 Å². The van der Waals surface area contributed by atoms with E-state index < -0.39 is 23.1 Å². The Morgan fingerprint density at radius 3 is 2.74 bits per heavy atom. The van der Waals surface area contributed by atoms with Crippen LogP contribution in [0.4, 0.5) is 10.1 Å². The number of likely N-dealkylation sites (tertiary alicyclic amines) is 1. The Bertz CT molecular complexity index is 547. The molecule has 3 N–H and O–H groups in total. The number of carboxylic acid groups (broad SMARTS) is 1. The molecule has 1 aromatic rings. The van der Waals surface area contributed by atoms with E-state index in [0.29, 0.717) is 13.0 Å². The Kier molecular flexibility index (Phi) is 3.18. The van der Waals surface area contributed by atoms with Gasteiger partial charge in [0, 0.05) is 18.8 Å². The van der Waals surface area contributed by atoms with Crippen LogP contribution in [0.1, 0.15) is 23.7 Å². The van der Waals surface area contributed by atoms with Gasteiger partial charge in [-0.25, -0.2) is 4.39 Å². The zero-order valence-electron chi connectivity index (χ0n) is 10.5. The van der Waals surface area contributed by atoms with Crippen LogP contribution in [0.15, 0.2) is 18.2 Å². The van der Waals surface area contributed by atoms with Crippen LogP contribution in [0.2, 0.25) is 0 Å². The highest BCUT2D eigenvalue weighted by Gasteiger charge is 2.42. The molecule has 19 heavy (non-hydrogen) atoms. The number of nitrogens with zero attached hydrogens (tertiary/aromatic N) is 1.